The molecule has 3 aromatic rings. The van der Waals surface area contributed by atoms with E-state index < -0.39 is 22.8 Å². The highest BCUT2D eigenvalue weighted by atomic mass is 16.4. The molecule has 29 heavy (non-hydrogen) atoms. The number of benzene rings is 1. The summed E-state index contributed by atoms with van der Waals surface area (Å²) in [5, 5.41) is 11.5. The first-order chi connectivity index (χ1) is 13.8. The lowest BCUT2D eigenvalue weighted by molar-refractivity contribution is -0.121. The standard InChI is InChI=1S/C18H17N5O6/c1-23-14-13(16(26)22-18(23)29)20-11(15(25)21-14)6-7-12(24)19-8-9-2-4-10(5-3-9)17(27)28/h2-5H,6-8H2,1H3,(H,19,24)(H,21,25)(H,27,28)(H,22,26,29). The second kappa shape index (κ2) is 7.92. The molecule has 0 saturated heterocycles. The summed E-state index contributed by atoms with van der Waals surface area (Å²) in [6, 6.07) is 6.06. The molecule has 1 amide bonds. The Morgan fingerprint density at radius 1 is 1.10 bits per heavy atom. The summed E-state index contributed by atoms with van der Waals surface area (Å²) in [4.78, 5) is 67.1. The molecule has 0 fully saturated rings. The van der Waals surface area contributed by atoms with Gasteiger partial charge in [0.25, 0.3) is 11.1 Å². The fourth-order valence-electron chi connectivity index (χ4n) is 2.68. The lowest BCUT2D eigenvalue weighted by atomic mass is 10.1. The number of aromatic amines is 2. The lowest BCUT2D eigenvalue weighted by Crippen LogP contribution is -2.32. The van der Waals surface area contributed by atoms with Crippen molar-refractivity contribution in [3.05, 3.63) is 72.3 Å². The molecule has 0 unspecified atom stereocenters. The van der Waals surface area contributed by atoms with E-state index in [0.29, 0.717) is 0 Å². The van der Waals surface area contributed by atoms with Crippen molar-refractivity contribution in [2.75, 3.05) is 0 Å². The van der Waals surface area contributed by atoms with Gasteiger partial charge >= 0.3 is 11.7 Å². The molecule has 4 N–H and O–H groups in total. The Labute approximate surface area is 162 Å². The fourth-order valence-corrected chi connectivity index (χ4v) is 2.68. The van der Waals surface area contributed by atoms with Crippen LogP contribution in [0.5, 0.6) is 0 Å². The maximum atomic E-state index is 12.2. The van der Waals surface area contributed by atoms with Gasteiger partial charge in [0.2, 0.25) is 5.91 Å². The van der Waals surface area contributed by atoms with Gasteiger partial charge in [-0.15, -0.1) is 0 Å². The molecule has 2 heterocycles. The SMILES string of the molecule is Cn1c(=O)[nH]c(=O)c2nc(CCC(=O)NCc3ccc(C(=O)O)cc3)c(=O)[nH]c21. The van der Waals surface area contributed by atoms with Crippen molar-refractivity contribution in [1.29, 1.82) is 0 Å². The van der Waals surface area contributed by atoms with Crippen molar-refractivity contribution in [3.8, 4) is 0 Å². The molecule has 3 rings (SSSR count). The number of fused-ring (bicyclic) bond motifs is 1. The summed E-state index contributed by atoms with van der Waals surface area (Å²) < 4.78 is 1.07. The predicted molar refractivity (Wildman–Crippen MR) is 102 cm³/mol. The number of hydrogen-bond donors (Lipinski definition) is 4. The number of rotatable bonds is 6. The van der Waals surface area contributed by atoms with E-state index in [-0.39, 0.29) is 47.7 Å². The number of amides is 1. The molecule has 0 radical (unpaired) electrons. The average Bonchev–Trinajstić information content (AvgIpc) is 2.69. The summed E-state index contributed by atoms with van der Waals surface area (Å²) in [7, 11) is 1.38. The summed E-state index contributed by atoms with van der Waals surface area (Å²) in [5.74, 6) is -1.38. The van der Waals surface area contributed by atoms with Gasteiger partial charge in [-0.2, -0.15) is 0 Å². The maximum Gasteiger partial charge on any atom is 0.335 e. The molecule has 0 bridgehead atoms. The van der Waals surface area contributed by atoms with Gasteiger partial charge in [-0.3, -0.25) is 23.9 Å². The number of carbonyl (C=O) groups is 2. The topological polar surface area (TPSA) is 167 Å². The highest BCUT2D eigenvalue weighted by molar-refractivity contribution is 5.87. The van der Waals surface area contributed by atoms with E-state index in [9.17, 15) is 24.0 Å². The number of carboxylic acid groups (broad SMARTS) is 1. The van der Waals surface area contributed by atoms with Crippen molar-refractivity contribution >= 4 is 23.0 Å². The highest BCUT2D eigenvalue weighted by Crippen LogP contribution is 2.05. The third kappa shape index (κ3) is 4.29. The van der Waals surface area contributed by atoms with E-state index >= 15 is 0 Å². The van der Waals surface area contributed by atoms with E-state index in [1.54, 1.807) is 12.1 Å². The Hall–Kier alpha value is -4.02. The quantitative estimate of drug-likeness (QED) is 0.423. The third-order valence-corrected chi connectivity index (χ3v) is 4.32. The summed E-state index contributed by atoms with van der Waals surface area (Å²) in [6.45, 7) is 0.196. The number of carboxylic acids is 1. The maximum absolute atomic E-state index is 12.2. The Bertz CT molecular complexity index is 1270. The molecule has 0 atom stereocenters. The molecule has 1 aromatic carbocycles. The molecule has 0 saturated carbocycles. The van der Waals surface area contributed by atoms with Crippen LogP contribution < -0.4 is 22.1 Å². The van der Waals surface area contributed by atoms with Crippen LogP contribution in [0.15, 0.2) is 38.6 Å². The molecule has 0 aliphatic carbocycles. The molecular weight excluding hydrogens is 382 g/mol. The second-order valence-corrected chi connectivity index (χ2v) is 6.31. The minimum atomic E-state index is -1.03. The average molecular weight is 399 g/mol. The van der Waals surface area contributed by atoms with Gasteiger partial charge < -0.3 is 15.4 Å². The minimum Gasteiger partial charge on any atom is -0.478 e. The molecule has 0 spiro atoms. The first kappa shape index (κ1) is 19.7. The monoisotopic (exact) mass is 399 g/mol. The molecular formula is C18H17N5O6. The second-order valence-electron chi connectivity index (χ2n) is 6.31. The number of aryl methyl sites for hydroxylation is 2. The molecule has 150 valence electrons. The molecule has 11 heteroatoms. The first-order valence-electron chi connectivity index (χ1n) is 8.57. The Kier molecular flexibility index (Phi) is 5.39. The Balaban J connectivity index is 1.67. The van der Waals surface area contributed by atoms with Crippen molar-refractivity contribution in [2.45, 2.75) is 19.4 Å². The van der Waals surface area contributed by atoms with Crippen LogP contribution in [0.3, 0.4) is 0 Å². The summed E-state index contributed by atoms with van der Waals surface area (Å²) in [5.41, 5.74) is -1.22. The number of H-pyrrole nitrogens is 2. The predicted octanol–water partition coefficient (Wildman–Crippen LogP) is -0.743. The first-order valence-corrected chi connectivity index (χ1v) is 8.57. The van der Waals surface area contributed by atoms with E-state index in [4.69, 9.17) is 5.11 Å². The number of hydrogen-bond acceptors (Lipinski definition) is 6. The number of aromatic carboxylic acids is 1. The molecule has 11 nitrogen and oxygen atoms in total. The van der Waals surface area contributed by atoms with E-state index in [2.05, 4.69) is 20.3 Å². The number of nitrogens with zero attached hydrogens (tertiary/aromatic N) is 2. The Morgan fingerprint density at radius 2 is 1.79 bits per heavy atom. The zero-order valence-electron chi connectivity index (χ0n) is 15.3. The smallest absolute Gasteiger partial charge is 0.335 e. The number of carbonyl (C=O) groups excluding carboxylic acids is 1. The van der Waals surface area contributed by atoms with Crippen LogP contribution >= 0.6 is 0 Å². The van der Waals surface area contributed by atoms with Crippen LogP contribution in [-0.2, 0) is 24.8 Å². The van der Waals surface area contributed by atoms with E-state index in [1.807, 2.05) is 0 Å². The van der Waals surface area contributed by atoms with Crippen LogP contribution in [-0.4, -0.2) is 36.5 Å². The largest absolute Gasteiger partial charge is 0.478 e. The van der Waals surface area contributed by atoms with Crippen LogP contribution in [0.4, 0.5) is 0 Å². The van der Waals surface area contributed by atoms with Gasteiger partial charge in [0, 0.05) is 26.4 Å². The highest BCUT2D eigenvalue weighted by Gasteiger charge is 2.13. The van der Waals surface area contributed by atoms with Crippen molar-refractivity contribution in [2.24, 2.45) is 7.05 Å². The zero-order chi connectivity index (χ0) is 21.1. The zero-order valence-corrected chi connectivity index (χ0v) is 15.3. The minimum absolute atomic E-state index is 0.00163. The summed E-state index contributed by atoms with van der Waals surface area (Å²) >= 11 is 0. The molecule has 0 aliphatic heterocycles. The third-order valence-electron chi connectivity index (χ3n) is 4.32. The van der Waals surface area contributed by atoms with Gasteiger partial charge in [0.15, 0.2) is 5.52 Å². The van der Waals surface area contributed by atoms with E-state index in [0.717, 1.165) is 10.1 Å². The van der Waals surface area contributed by atoms with Crippen LogP contribution in [0.25, 0.3) is 11.2 Å². The van der Waals surface area contributed by atoms with Crippen LogP contribution in [0.2, 0.25) is 0 Å². The van der Waals surface area contributed by atoms with Crippen molar-refractivity contribution < 1.29 is 14.7 Å². The number of nitrogens with one attached hydrogen (secondary N) is 3. The summed E-state index contributed by atoms with van der Waals surface area (Å²) in [6.07, 6.45) is -0.0458. The van der Waals surface area contributed by atoms with Gasteiger partial charge in [0.1, 0.15) is 11.3 Å². The van der Waals surface area contributed by atoms with Crippen LogP contribution in [0, 0.1) is 0 Å². The fraction of sp³-hybridized carbons (Fsp3) is 0.222. The Morgan fingerprint density at radius 3 is 2.45 bits per heavy atom. The van der Waals surface area contributed by atoms with Gasteiger partial charge in [-0.05, 0) is 17.7 Å². The van der Waals surface area contributed by atoms with Crippen molar-refractivity contribution in [3.63, 3.8) is 0 Å². The van der Waals surface area contributed by atoms with Gasteiger partial charge in [0.05, 0.1) is 5.56 Å². The normalized spacial score (nSPS) is 10.8. The molecule has 0 aliphatic rings. The van der Waals surface area contributed by atoms with E-state index in [1.165, 1.54) is 19.2 Å². The van der Waals surface area contributed by atoms with Gasteiger partial charge in [-0.1, -0.05) is 12.1 Å². The van der Waals surface area contributed by atoms with Crippen molar-refractivity contribution in [1.82, 2.24) is 24.8 Å². The lowest BCUT2D eigenvalue weighted by Gasteiger charge is -2.07. The van der Waals surface area contributed by atoms with Crippen LogP contribution in [0.1, 0.15) is 28.0 Å². The van der Waals surface area contributed by atoms with Gasteiger partial charge in [-0.25, -0.2) is 14.6 Å². The molecule has 2 aromatic heterocycles. The number of aromatic nitrogens is 4.